The summed E-state index contributed by atoms with van der Waals surface area (Å²) in [5, 5.41) is 10.6. The molecule has 25 heavy (non-hydrogen) atoms. The van der Waals surface area contributed by atoms with E-state index in [1.807, 2.05) is 0 Å². The van der Waals surface area contributed by atoms with E-state index in [0.29, 0.717) is 22.3 Å². The summed E-state index contributed by atoms with van der Waals surface area (Å²) in [5.74, 6) is -0.250. The molecular formula is C18H19N5O2. The Balaban J connectivity index is 1.65. The molecule has 7 nitrogen and oxygen atoms in total. The predicted molar refractivity (Wildman–Crippen MR) is 94.8 cm³/mol. The van der Waals surface area contributed by atoms with Crippen molar-refractivity contribution in [1.82, 2.24) is 19.7 Å². The first kappa shape index (κ1) is 15.6. The third kappa shape index (κ3) is 2.82. The Bertz CT molecular complexity index is 1020. The summed E-state index contributed by atoms with van der Waals surface area (Å²) in [4.78, 5) is 29.1. The number of aromatic nitrogens is 4. The quantitative estimate of drug-likeness (QED) is 0.701. The number of amides is 1. The average molecular weight is 337 g/mol. The van der Waals surface area contributed by atoms with Crippen LogP contribution in [0.4, 0.5) is 5.69 Å². The van der Waals surface area contributed by atoms with Crippen molar-refractivity contribution in [3.05, 3.63) is 51.8 Å². The van der Waals surface area contributed by atoms with Gasteiger partial charge in [0, 0.05) is 24.0 Å². The highest BCUT2D eigenvalue weighted by Crippen LogP contribution is 2.23. The van der Waals surface area contributed by atoms with Gasteiger partial charge in [-0.3, -0.25) is 14.7 Å². The molecule has 2 N–H and O–H groups in total. The van der Waals surface area contributed by atoms with Crippen LogP contribution in [0.2, 0.25) is 0 Å². The van der Waals surface area contributed by atoms with Crippen molar-refractivity contribution in [2.75, 3.05) is 5.32 Å². The third-order valence-electron chi connectivity index (χ3n) is 4.70. The standard InChI is InChI=1S/C18H19N5O2/c1-23-10-19-14-8-7-11(9-13(14)18(23)25)20-17(24)16-12-5-3-2-4-6-15(12)21-22-16/h7-10H,2-6H2,1H3,(H,20,24)(H,21,22). The van der Waals surface area contributed by atoms with Gasteiger partial charge in [0.05, 0.1) is 17.2 Å². The molecule has 3 aromatic rings. The molecule has 0 radical (unpaired) electrons. The molecule has 0 atom stereocenters. The summed E-state index contributed by atoms with van der Waals surface area (Å²) in [7, 11) is 1.65. The fourth-order valence-electron chi connectivity index (χ4n) is 3.32. The second-order valence-electron chi connectivity index (χ2n) is 6.44. The third-order valence-corrected chi connectivity index (χ3v) is 4.70. The average Bonchev–Trinajstić information content (AvgIpc) is 2.87. The van der Waals surface area contributed by atoms with E-state index in [9.17, 15) is 9.59 Å². The van der Waals surface area contributed by atoms with Crippen molar-refractivity contribution >= 4 is 22.5 Å². The second-order valence-corrected chi connectivity index (χ2v) is 6.44. The number of H-pyrrole nitrogens is 1. The topological polar surface area (TPSA) is 92.7 Å². The van der Waals surface area contributed by atoms with E-state index in [1.165, 1.54) is 17.3 Å². The Morgan fingerprint density at radius 3 is 2.96 bits per heavy atom. The zero-order chi connectivity index (χ0) is 17.4. The number of hydrogen-bond donors (Lipinski definition) is 2. The normalized spacial score (nSPS) is 14.1. The molecule has 0 unspecified atom stereocenters. The first-order valence-corrected chi connectivity index (χ1v) is 8.46. The van der Waals surface area contributed by atoms with Gasteiger partial charge in [0.1, 0.15) is 0 Å². The van der Waals surface area contributed by atoms with E-state index in [1.54, 1.807) is 25.2 Å². The van der Waals surface area contributed by atoms with Crippen LogP contribution in [0.1, 0.15) is 41.0 Å². The fraction of sp³-hybridized carbons (Fsp3) is 0.333. The molecule has 4 rings (SSSR count). The van der Waals surface area contributed by atoms with Gasteiger partial charge >= 0.3 is 0 Å². The first-order valence-electron chi connectivity index (χ1n) is 8.46. The first-order chi connectivity index (χ1) is 12.1. The van der Waals surface area contributed by atoms with Crippen LogP contribution in [0.15, 0.2) is 29.3 Å². The van der Waals surface area contributed by atoms with E-state index in [4.69, 9.17) is 0 Å². The number of nitrogens with one attached hydrogen (secondary N) is 2. The summed E-state index contributed by atoms with van der Waals surface area (Å²) >= 11 is 0. The number of aryl methyl sites for hydroxylation is 2. The molecule has 1 aliphatic carbocycles. The summed E-state index contributed by atoms with van der Waals surface area (Å²) < 4.78 is 1.42. The molecule has 128 valence electrons. The maximum atomic E-state index is 12.7. The van der Waals surface area contributed by atoms with Crippen molar-refractivity contribution < 1.29 is 4.79 Å². The number of anilines is 1. The Morgan fingerprint density at radius 1 is 1.24 bits per heavy atom. The van der Waals surface area contributed by atoms with Gasteiger partial charge < -0.3 is 9.88 Å². The van der Waals surface area contributed by atoms with Gasteiger partial charge in [0.15, 0.2) is 5.69 Å². The smallest absolute Gasteiger partial charge is 0.276 e. The number of hydrogen-bond acceptors (Lipinski definition) is 4. The zero-order valence-electron chi connectivity index (χ0n) is 14.0. The van der Waals surface area contributed by atoms with E-state index < -0.39 is 0 Å². The van der Waals surface area contributed by atoms with Gasteiger partial charge in [-0.2, -0.15) is 5.10 Å². The van der Waals surface area contributed by atoms with Crippen molar-refractivity contribution in [3.8, 4) is 0 Å². The van der Waals surface area contributed by atoms with E-state index in [-0.39, 0.29) is 11.5 Å². The molecule has 1 amide bonds. The number of carbonyl (C=O) groups is 1. The van der Waals surface area contributed by atoms with Crippen LogP contribution in [0.25, 0.3) is 10.9 Å². The van der Waals surface area contributed by atoms with Crippen LogP contribution in [-0.2, 0) is 19.9 Å². The molecular weight excluding hydrogens is 318 g/mol. The summed E-state index contributed by atoms with van der Waals surface area (Å²) in [6.45, 7) is 0. The lowest BCUT2D eigenvalue weighted by molar-refractivity contribution is 0.102. The molecule has 0 bridgehead atoms. The second kappa shape index (κ2) is 6.16. The molecule has 0 aliphatic heterocycles. The van der Waals surface area contributed by atoms with Gasteiger partial charge in [-0.1, -0.05) is 6.42 Å². The zero-order valence-corrected chi connectivity index (χ0v) is 14.0. The van der Waals surface area contributed by atoms with E-state index in [0.717, 1.165) is 36.9 Å². The monoisotopic (exact) mass is 337 g/mol. The Kier molecular flexibility index (Phi) is 3.83. The van der Waals surface area contributed by atoms with E-state index >= 15 is 0 Å². The highest BCUT2D eigenvalue weighted by atomic mass is 16.2. The van der Waals surface area contributed by atoms with Gasteiger partial charge in [-0.25, -0.2) is 4.98 Å². The van der Waals surface area contributed by atoms with Crippen molar-refractivity contribution in [3.63, 3.8) is 0 Å². The van der Waals surface area contributed by atoms with Gasteiger partial charge in [-0.15, -0.1) is 0 Å². The van der Waals surface area contributed by atoms with E-state index in [2.05, 4.69) is 20.5 Å². The maximum Gasteiger partial charge on any atom is 0.276 e. The van der Waals surface area contributed by atoms with Crippen LogP contribution in [0, 0.1) is 0 Å². The molecule has 0 saturated heterocycles. The molecule has 1 aromatic carbocycles. The van der Waals surface area contributed by atoms with Crippen LogP contribution in [-0.4, -0.2) is 25.7 Å². The summed E-state index contributed by atoms with van der Waals surface area (Å²) in [5.41, 5.74) is 3.57. The molecule has 0 fully saturated rings. The SMILES string of the molecule is Cn1cnc2ccc(NC(=O)c3n[nH]c4c3CCCCC4)cc2c1=O. The van der Waals surface area contributed by atoms with Crippen molar-refractivity contribution in [2.45, 2.75) is 32.1 Å². The highest BCUT2D eigenvalue weighted by molar-refractivity contribution is 6.04. The van der Waals surface area contributed by atoms with Gasteiger partial charge in [-0.05, 0) is 43.9 Å². The number of aromatic amines is 1. The fourth-order valence-corrected chi connectivity index (χ4v) is 3.32. The minimum Gasteiger partial charge on any atom is -0.321 e. The minimum atomic E-state index is -0.250. The molecule has 2 heterocycles. The Labute approximate surface area is 144 Å². The van der Waals surface area contributed by atoms with Gasteiger partial charge in [0.25, 0.3) is 11.5 Å². The number of rotatable bonds is 2. The lowest BCUT2D eigenvalue weighted by Crippen LogP contribution is -2.18. The van der Waals surface area contributed by atoms with Gasteiger partial charge in [0.2, 0.25) is 0 Å². The van der Waals surface area contributed by atoms with Crippen LogP contribution < -0.4 is 10.9 Å². The Morgan fingerprint density at radius 2 is 2.08 bits per heavy atom. The summed E-state index contributed by atoms with van der Waals surface area (Å²) in [6.07, 6.45) is 6.66. The van der Waals surface area contributed by atoms with Crippen LogP contribution >= 0.6 is 0 Å². The number of fused-ring (bicyclic) bond motifs is 2. The predicted octanol–water partition coefficient (Wildman–Crippen LogP) is 2.18. The van der Waals surface area contributed by atoms with Crippen molar-refractivity contribution in [1.29, 1.82) is 0 Å². The number of nitrogens with zero attached hydrogens (tertiary/aromatic N) is 3. The summed E-state index contributed by atoms with van der Waals surface area (Å²) in [6, 6.07) is 5.14. The largest absolute Gasteiger partial charge is 0.321 e. The maximum absolute atomic E-state index is 12.7. The molecule has 0 spiro atoms. The molecule has 1 aliphatic rings. The van der Waals surface area contributed by atoms with Crippen LogP contribution in [0.5, 0.6) is 0 Å². The number of benzene rings is 1. The number of carbonyl (C=O) groups excluding carboxylic acids is 1. The minimum absolute atomic E-state index is 0.144. The van der Waals surface area contributed by atoms with Crippen molar-refractivity contribution in [2.24, 2.45) is 7.05 Å². The lowest BCUT2D eigenvalue weighted by atomic mass is 10.1. The molecule has 2 aromatic heterocycles. The molecule has 7 heteroatoms. The highest BCUT2D eigenvalue weighted by Gasteiger charge is 2.21. The molecule has 0 saturated carbocycles. The van der Waals surface area contributed by atoms with Crippen LogP contribution in [0.3, 0.4) is 0 Å². The lowest BCUT2D eigenvalue weighted by Gasteiger charge is -2.07. The Hall–Kier alpha value is -2.96.